The number of ketones is 1. The molecule has 0 bridgehead atoms. The minimum absolute atomic E-state index is 0.0692. The molecule has 1 aliphatic rings. The summed E-state index contributed by atoms with van der Waals surface area (Å²) >= 11 is 12.0. The van der Waals surface area contributed by atoms with Gasteiger partial charge in [0.25, 0.3) is 11.5 Å². The second-order valence-electron chi connectivity index (χ2n) is 8.55. The number of carbonyl (C=O) groups excluding carboxylic acids is 2. The van der Waals surface area contributed by atoms with Crippen LogP contribution in [0.1, 0.15) is 66.1 Å². The van der Waals surface area contributed by atoms with Crippen molar-refractivity contribution in [1.82, 2.24) is 10.3 Å². The first kappa shape index (κ1) is 20.6. The van der Waals surface area contributed by atoms with E-state index in [1.807, 2.05) is 13.8 Å². The lowest BCUT2D eigenvalue weighted by molar-refractivity contribution is 0.0909. The van der Waals surface area contributed by atoms with Gasteiger partial charge in [0.05, 0.1) is 15.6 Å². The van der Waals surface area contributed by atoms with E-state index < -0.39 is 17.0 Å². The molecule has 1 aromatic carbocycles. The van der Waals surface area contributed by atoms with Crippen LogP contribution < -0.4 is 10.9 Å². The molecule has 5 nitrogen and oxygen atoms in total. The Bertz CT molecular complexity index is 1040. The summed E-state index contributed by atoms with van der Waals surface area (Å²) in [6.07, 6.45) is 0.960. The third kappa shape index (κ3) is 4.01. The molecule has 0 radical (unpaired) electrons. The van der Waals surface area contributed by atoms with E-state index in [1.54, 1.807) is 32.0 Å². The molecule has 1 aliphatic carbocycles. The maximum atomic E-state index is 12.8. The summed E-state index contributed by atoms with van der Waals surface area (Å²) in [5.41, 5.74) is 0.129. The van der Waals surface area contributed by atoms with Gasteiger partial charge in [-0.25, -0.2) is 0 Å². The number of hydrogen-bond donors (Lipinski definition) is 2. The smallest absolute Gasteiger partial charge is 0.261 e. The molecule has 3 rings (SSSR count). The number of Topliss-reactive ketones (excluding diaryl/α,β-unsaturated/α-hetero) is 1. The molecule has 0 aliphatic heterocycles. The van der Waals surface area contributed by atoms with E-state index in [4.69, 9.17) is 23.2 Å². The van der Waals surface area contributed by atoms with Crippen molar-refractivity contribution in [3.8, 4) is 0 Å². The molecule has 0 saturated carbocycles. The van der Waals surface area contributed by atoms with Crippen LogP contribution in [0.3, 0.4) is 0 Å². The molecular formula is C21H22Cl2N2O3. The summed E-state index contributed by atoms with van der Waals surface area (Å²) in [6, 6.07) is 6.50. The molecule has 1 amide bonds. The van der Waals surface area contributed by atoms with Gasteiger partial charge in [-0.1, -0.05) is 43.1 Å². The van der Waals surface area contributed by atoms with Crippen molar-refractivity contribution in [2.24, 2.45) is 5.41 Å². The first-order valence-corrected chi connectivity index (χ1v) is 9.73. The number of nitrogens with one attached hydrogen (secondary N) is 2. The number of benzene rings is 1. The number of fused-ring (bicyclic) bond motifs is 1. The predicted octanol–water partition coefficient (Wildman–Crippen LogP) is 4.50. The highest BCUT2D eigenvalue weighted by Gasteiger charge is 2.33. The molecular weight excluding hydrogens is 399 g/mol. The summed E-state index contributed by atoms with van der Waals surface area (Å²) in [5, 5.41) is 3.64. The Morgan fingerprint density at radius 2 is 1.79 bits per heavy atom. The Labute approximate surface area is 173 Å². The molecule has 7 heteroatoms. The van der Waals surface area contributed by atoms with Gasteiger partial charge < -0.3 is 10.3 Å². The second kappa shape index (κ2) is 7.05. The van der Waals surface area contributed by atoms with Crippen molar-refractivity contribution in [3.63, 3.8) is 0 Å². The summed E-state index contributed by atoms with van der Waals surface area (Å²) in [6.45, 7) is 7.55. The largest absolute Gasteiger partial charge is 0.343 e. The third-order valence-corrected chi connectivity index (χ3v) is 5.77. The van der Waals surface area contributed by atoms with Crippen molar-refractivity contribution in [2.45, 2.75) is 46.1 Å². The summed E-state index contributed by atoms with van der Waals surface area (Å²) in [7, 11) is 0. The third-order valence-electron chi connectivity index (χ3n) is 5.03. The number of hydrogen-bond acceptors (Lipinski definition) is 3. The summed E-state index contributed by atoms with van der Waals surface area (Å²) < 4.78 is 0. The monoisotopic (exact) mass is 420 g/mol. The quantitative estimate of drug-likeness (QED) is 0.766. The van der Waals surface area contributed by atoms with E-state index in [9.17, 15) is 14.4 Å². The second-order valence-corrected chi connectivity index (χ2v) is 9.37. The molecule has 0 saturated heterocycles. The fourth-order valence-electron chi connectivity index (χ4n) is 3.50. The number of rotatable bonds is 3. The van der Waals surface area contributed by atoms with Gasteiger partial charge >= 0.3 is 0 Å². The maximum absolute atomic E-state index is 12.8. The van der Waals surface area contributed by atoms with Gasteiger partial charge in [-0.2, -0.15) is 0 Å². The minimum Gasteiger partial charge on any atom is -0.343 e. The maximum Gasteiger partial charge on any atom is 0.261 e. The van der Waals surface area contributed by atoms with Crippen molar-refractivity contribution >= 4 is 34.9 Å². The topological polar surface area (TPSA) is 79.0 Å². The lowest BCUT2D eigenvalue weighted by Crippen LogP contribution is -2.43. The molecule has 0 fully saturated rings. The number of carbonyl (C=O) groups is 2. The highest BCUT2D eigenvalue weighted by molar-refractivity contribution is 6.42. The first-order chi connectivity index (χ1) is 12.9. The molecule has 1 aromatic heterocycles. The number of H-pyrrole nitrogens is 1. The van der Waals surface area contributed by atoms with Gasteiger partial charge in [-0.15, -0.1) is 0 Å². The lowest BCUT2D eigenvalue weighted by Gasteiger charge is -2.30. The lowest BCUT2D eigenvalue weighted by atomic mass is 9.75. The molecule has 0 spiro atoms. The molecule has 148 valence electrons. The number of halogens is 2. The van der Waals surface area contributed by atoms with Crippen LogP contribution in [0.2, 0.25) is 10.0 Å². The average molecular weight is 421 g/mol. The number of amides is 1. The van der Waals surface area contributed by atoms with Gasteiger partial charge in [-0.05, 0) is 49.4 Å². The van der Waals surface area contributed by atoms with Crippen LogP contribution in [0.5, 0.6) is 0 Å². The van der Waals surface area contributed by atoms with Crippen LogP contribution in [0.15, 0.2) is 29.1 Å². The van der Waals surface area contributed by atoms with Gasteiger partial charge in [0.2, 0.25) is 0 Å². The molecule has 1 heterocycles. The van der Waals surface area contributed by atoms with E-state index in [2.05, 4.69) is 10.3 Å². The van der Waals surface area contributed by atoms with Crippen LogP contribution in [0, 0.1) is 5.41 Å². The Morgan fingerprint density at radius 1 is 1.11 bits per heavy atom. The van der Waals surface area contributed by atoms with Crippen LogP contribution in [-0.2, 0) is 12.0 Å². The highest BCUT2D eigenvalue weighted by atomic mass is 35.5. The molecule has 2 N–H and O–H groups in total. The Morgan fingerprint density at radius 3 is 2.43 bits per heavy atom. The molecule has 28 heavy (non-hydrogen) atoms. The molecule has 0 atom stereocenters. The van der Waals surface area contributed by atoms with Crippen molar-refractivity contribution < 1.29 is 9.59 Å². The SMILES string of the molecule is CC1(C)CC(=O)c2cc(C(=O)NC(C)(C)c3ccc(Cl)c(Cl)c3)c(=O)[nH]c2C1. The zero-order chi connectivity index (χ0) is 20.9. The van der Waals surface area contributed by atoms with Gasteiger partial charge in [0.1, 0.15) is 5.56 Å². The van der Waals surface area contributed by atoms with E-state index in [1.165, 1.54) is 6.07 Å². The molecule has 0 unspecified atom stereocenters. The Kier molecular flexibility index (Phi) is 5.19. The predicted molar refractivity (Wildman–Crippen MR) is 110 cm³/mol. The summed E-state index contributed by atoms with van der Waals surface area (Å²) in [4.78, 5) is 40.5. The van der Waals surface area contributed by atoms with E-state index >= 15 is 0 Å². The average Bonchev–Trinajstić information content (AvgIpc) is 2.55. The number of aromatic nitrogens is 1. The number of aromatic amines is 1. The van der Waals surface area contributed by atoms with Crippen molar-refractivity contribution in [3.05, 3.63) is 67.0 Å². The van der Waals surface area contributed by atoms with Gasteiger partial charge in [0, 0.05) is 17.7 Å². The van der Waals surface area contributed by atoms with Crippen molar-refractivity contribution in [1.29, 1.82) is 0 Å². The Balaban J connectivity index is 1.93. The fraction of sp³-hybridized carbons (Fsp3) is 0.381. The first-order valence-electron chi connectivity index (χ1n) is 8.97. The van der Waals surface area contributed by atoms with E-state index in [0.29, 0.717) is 34.1 Å². The van der Waals surface area contributed by atoms with Crippen molar-refractivity contribution in [2.75, 3.05) is 0 Å². The fourth-order valence-corrected chi connectivity index (χ4v) is 3.80. The minimum atomic E-state index is -0.806. The normalized spacial score (nSPS) is 15.9. The van der Waals surface area contributed by atoms with Gasteiger partial charge in [0.15, 0.2) is 5.78 Å². The van der Waals surface area contributed by atoms with Crippen LogP contribution in [0.25, 0.3) is 0 Å². The van der Waals surface area contributed by atoms with Crippen LogP contribution in [-0.4, -0.2) is 16.7 Å². The van der Waals surface area contributed by atoms with E-state index in [0.717, 1.165) is 5.56 Å². The van der Waals surface area contributed by atoms with E-state index in [-0.39, 0.29) is 16.8 Å². The standard InChI is InChI=1S/C21H22Cl2N2O3/c1-20(2)9-16-12(17(26)10-20)8-13(18(27)24-16)19(28)25-21(3,4)11-5-6-14(22)15(23)7-11/h5-8H,9-10H2,1-4H3,(H,24,27)(H,25,28). The van der Waals surface area contributed by atoms with Gasteiger partial charge in [-0.3, -0.25) is 14.4 Å². The zero-order valence-electron chi connectivity index (χ0n) is 16.2. The summed E-state index contributed by atoms with van der Waals surface area (Å²) in [5.74, 6) is -0.627. The van der Waals surface area contributed by atoms with Crippen LogP contribution in [0.4, 0.5) is 0 Å². The highest BCUT2D eigenvalue weighted by Crippen LogP contribution is 2.33. The molecule has 2 aromatic rings. The zero-order valence-corrected chi connectivity index (χ0v) is 17.7. The Hall–Kier alpha value is -2.11. The number of pyridine rings is 1. The van der Waals surface area contributed by atoms with Crippen LogP contribution >= 0.6 is 23.2 Å².